The summed E-state index contributed by atoms with van der Waals surface area (Å²) in [5.41, 5.74) is -0.349. The Morgan fingerprint density at radius 3 is 2.42 bits per heavy atom. The van der Waals surface area contributed by atoms with E-state index in [0.717, 1.165) is 18.9 Å². The van der Waals surface area contributed by atoms with Gasteiger partial charge in [0.1, 0.15) is 11.2 Å². The first kappa shape index (κ1) is 21.1. The largest absolute Gasteiger partial charge is 0.462 e. The van der Waals surface area contributed by atoms with Crippen molar-refractivity contribution in [3.05, 3.63) is 33.9 Å². The molecule has 31 heavy (non-hydrogen) atoms. The van der Waals surface area contributed by atoms with Crippen molar-refractivity contribution in [2.45, 2.75) is 32.7 Å². The number of carbonyl (C=O) groups excluding carboxylic acids is 2. The van der Waals surface area contributed by atoms with Crippen LogP contribution in [0, 0.1) is 5.82 Å². The predicted octanol–water partition coefficient (Wildman–Crippen LogP) is 2.33. The normalized spacial score (nSPS) is 16.5. The van der Waals surface area contributed by atoms with Gasteiger partial charge in [-0.2, -0.15) is 0 Å². The molecule has 1 saturated heterocycles. The van der Waals surface area contributed by atoms with Gasteiger partial charge in [0.05, 0.1) is 18.6 Å². The third-order valence-corrected chi connectivity index (χ3v) is 5.48. The first-order valence-corrected chi connectivity index (χ1v) is 10.5. The molecule has 2 aromatic rings. The van der Waals surface area contributed by atoms with Gasteiger partial charge in [0.15, 0.2) is 11.6 Å². The lowest BCUT2D eigenvalue weighted by molar-refractivity contribution is 0.0524. The van der Waals surface area contributed by atoms with Gasteiger partial charge in [-0.15, -0.1) is 0 Å². The Morgan fingerprint density at radius 1 is 1.13 bits per heavy atom. The molecule has 2 aromatic heterocycles. The molecule has 0 atom stereocenters. The van der Waals surface area contributed by atoms with Crippen molar-refractivity contribution in [3.63, 3.8) is 0 Å². The van der Waals surface area contributed by atoms with Crippen LogP contribution in [0.1, 0.15) is 43.1 Å². The molecule has 0 unspecified atom stereocenters. The van der Waals surface area contributed by atoms with Crippen LogP contribution in [0.2, 0.25) is 0 Å². The molecule has 0 N–H and O–H groups in total. The van der Waals surface area contributed by atoms with E-state index in [0.29, 0.717) is 38.4 Å². The zero-order chi connectivity index (χ0) is 22.1. The highest BCUT2D eigenvalue weighted by atomic mass is 19.1. The topological polar surface area (TPSA) is 94.0 Å². The third-order valence-electron chi connectivity index (χ3n) is 5.48. The number of pyridine rings is 2. The van der Waals surface area contributed by atoms with Crippen molar-refractivity contribution < 1.29 is 23.5 Å². The molecule has 0 spiro atoms. The highest BCUT2D eigenvalue weighted by molar-refractivity contribution is 5.93. The van der Waals surface area contributed by atoms with Crippen LogP contribution >= 0.6 is 0 Å². The van der Waals surface area contributed by atoms with Crippen LogP contribution in [-0.4, -0.2) is 65.9 Å². The van der Waals surface area contributed by atoms with E-state index in [9.17, 15) is 14.4 Å². The Bertz CT molecular complexity index is 1070. The average Bonchev–Trinajstić information content (AvgIpc) is 3.60. The zero-order valence-corrected chi connectivity index (χ0v) is 17.6. The van der Waals surface area contributed by atoms with Crippen molar-refractivity contribution in [1.82, 2.24) is 14.5 Å². The number of anilines is 1. The van der Waals surface area contributed by atoms with Gasteiger partial charge in [-0.25, -0.2) is 19.0 Å². The van der Waals surface area contributed by atoms with Gasteiger partial charge < -0.3 is 23.8 Å². The van der Waals surface area contributed by atoms with Gasteiger partial charge in [0.25, 0.3) is 0 Å². The second-order valence-corrected chi connectivity index (χ2v) is 7.57. The molecule has 2 fully saturated rings. The van der Waals surface area contributed by atoms with E-state index in [2.05, 4.69) is 4.98 Å². The van der Waals surface area contributed by atoms with Gasteiger partial charge in [0, 0.05) is 38.4 Å². The van der Waals surface area contributed by atoms with Crippen molar-refractivity contribution in [3.8, 4) is 0 Å². The number of carbonyl (C=O) groups is 2. The number of aromatic nitrogens is 2. The summed E-state index contributed by atoms with van der Waals surface area (Å²) in [6.45, 7) is 5.40. The minimum absolute atomic E-state index is 0.0591. The standard InChI is InChI=1S/C21H25FN4O5/c1-3-30-20(28)15-12-26(13-5-6-13)18-14(17(15)27)11-16(22)19(23-18)24-7-9-25(10-8-24)21(29)31-4-2/h11-13H,3-10H2,1-2H3. The average molecular weight is 432 g/mol. The number of nitrogens with zero attached hydrogens (tertiary/aromatic N) is 4. The number of amides is 1. The minimum atomic E-state index is -0.719. The Morgan fingerprint density at radius 2 is 1.81 bits per heavy atom. The SMILES string of the molecule is CCOC(=O)c1cn(C2CC2)c2nc(N3CCN(C(=O)OCC)CC3)c(F)cc2c1=O. The first-order chi connectivity index (χ1) is 14.9. The van der Waals surface area contributed by atoms with Gasteiger partial charge in [-0.05, 0) is 32.8 Å². The van der Waals surface area contributed by atoms with E-state index in [4.69, 9.17) is 9.47 Å². The molecular weight excluding hydrogens is 407 g/mol. The molecule has 0 aromatic carbocycles. The zero-order valence-electron chi connectivity index (χ0n) is 17.6. The lowest BCUT2D eigenvalue weighted by atomic mass is 10.1. The number of rotatable bonds is 5. The maximum absolute atomic E-state index is 15.0. The molecule has 3 heterocycles. The van der Waals surface area contributed by atoms with Crippen molar-refractivity contribution in [2.75, 3.05) is 44.3 Å². The summed E-state index contributed by atoms with van der Waals surface area (Å²) in [6, 6.07) is 1.27. The summed E-state index contributed by atoms with van der Waals surface area (Å²) in [4.78, 5) is 44.8. The van der Waals surface area contributed by atoms with Crippen molar-refractivity contribution in [2.24, 2.45) is 0 Å². The molecular formula is C21H25FN4O5. The fourth-order valence-electron chi connectivity index (χ4n) is 3.76. The number of halogens is 1. The fraction of sp³-hybridized carbons (Fsp3) is 0.524. The van der Waals surface area contributed by atoms with E-state index in [1.807, 2.05) is 0 Å². The number of hydrogen-bond acceptors (Lipinski definition) is 7. The predicted molar refractivity (Wildman–Crippen MR) is 111 cm³/mol. The highest BCUT2D eigenvalue weighted by Gasteiger charge is 2.30. The van der Waals surface area contributed by atoms with Crippen LogP contribution in [0.4, 0.5) is 15.0 Å². The molecule has 4 rings (SSSR count). The molecule has 10 heteroatoms. The summed E-state index contributed by atoms with van der Waals surface area (Å²) >= 11 is 0. The molecule has 1 saturated carbocycles. The Labute approximate surface area is 178 Å². The van der Waals surface area contributed by atoms with E-state index in [1.54, 1.807) is 28.2 Å². The summed E-state index contributed by atoms with van der Waals surface area (Å²) in [6.07, 6.45) is 2.89. The summed E-state index contributed by atoms with van der Waals surface area (Å²) in [7, 11) is 0. The molecule has 1 aliphatic carbocycles. The van der Waals surface area contributed by atoms with E-state index in [1.165, 1.54) is 6.20 Å². The van der Waals surface area contributed by atoms with Crippen LogP contribution in [0.15, 0.2) is 17.1 Å². The molecule has 9 nitrogen and oxygen atoms in total. The quantitative estimate of drug-likeness (QED) is 0.670. The number of ether oxygens (including phenoxy) is 2. The van der Waals surface area contributed by atoms with Crippen molar-refractivity contribution >= 4 is 28.9 Å². The molecule has 0 radical (unpaired) electrons. The van der Waals surface area contributed by atoms with Gasteiger partial charge in [-0.3, -0.25) is 4.79 Å². The van der Waals surface area contributed by atoms with Crippen LogP contribution in [0.5, 0.6) is 0 Å². The monoisotopic (exact) mass is 432 g/mol. The second-order valence-electron chi connectivity index (χ2n) is 7.57. The number of esters is 1. The Balaban J connectivity index is 1.69. The Hall–Kier alpha value is -3.17. The molecule has 0 bridgehead atoms. The second kappa shape index (κ2) is 8.52. The van der Waals surface area contributed by atoms with Crippen LogP contribution in [0.3, 0.4) is 0 Å². The van der Waals surface area contributed by atoms with Crippen LogP contribution in [-0.2, 0) is 9.47 Å². The summed E-state index contributed by atoms with van der Waals surface area (Å²) < 4.78 is 26.8. The van der Waals surface area contributed by atoms with E-state index < -0.39 is 17.2 Å². The fourth-order valence-corrected chi connectivity index (χ4v) is 3.76. The number of piperazine rings is 1. The van der Waals surface area contributed by atoms with Crippen LogP contribution < -0.4 is 10.3 Å². The first-order valence-electron chi connectivity index (χ1n) is 10.5. The van der Waals surface area contributed by atoms with E-state index >= 15 is 4.39 Å². The minimum Gasteiger partial charge on any atom is -0.462 e. The smallest absolute Gasteiger partial charge is 0.409 e. The molecule has 166 valence electrons. The molecule has 1 amide bonds. The highest BCUT2D eigenvalue weighted by Crippen LogP contribution is 2.37. The Kier molecular flexibility index (Phi) is 5.79. The van der Waals surface area contributed by atoms with E-state index in [-0.39, 0.29) is 35.5 Å². The van der Waals surface area contributed by atoms with Crippen molar-refractivity contribution in [1.29, 1.82) is 0 Å². The summed E-state index contributed by atoms with van der Waals surface area (Å²) in [5.74, 6) is -1.23. The van der Waals surface area contributed by atoms with Crippen LogP contribution in [0.25, 0.3) is 11.0 Å². The van der Waals surface area contributed by atoms with Gasteiger partial charge in [0.2, 0.25) is 5.43 Å². The van der Waals surface area contributed by atoms with Gasteiger partial charge >= 0.3 is 12.1 Å². The lowest BCUT2D eigenvalue weighted by Crippen LogP contribution is -2.49. The maximum Gasteiger partial charge on any atom is 0.409 e. The number of hydrogen-bond donors (Lipinski definition) is 0. The molecule has 2 aliphatic rings. The number of fused-ring (bicyclic) bond motifs is 1. The maximum atomic E-state index is 15.0. The molecule has 1 aliphatic heterocycles. The van der Waals surface area contributed by atoms with Gasteiger partial charge in [-0.1, -0.05) is 0 Å². The third kappa shape index (κ3) is 4.06. The lowest BCUT2D eigenvalue weighted by Gasteiger charge is -2.34. The summed E-state index contributed by atoms with van der Waals surface area (Å²) in [5, 5.41) is 0.0591.